The van der Waals surface area contributed by atoms with Gasteiger partial charge in [0.25, 0.3) is 5.91 Å². The lowest BCUT2D eigenvalue weighted by Gasteiger charge is -2.15. The first kappa shape index (κ1) is 11.9. The van der Waals surface area contributed by atoms with Crippen LogP contribution in [0.2, 0.25) is 0 Å². The number of carbonyl (C=O) groups excluding carboxylic acids is 1. The molecule has 1 fully saturated rings. The van der Waals surface area contributed by atoms with Crippen molar-refractivity contribution in [2.75, 3.05) is 19.7 Å². The lowest BCUT2D eigenvalue weighted by molar-refractivity contribution is 0.0765. The highest BCUT2D eigenvalue weighted by atomic mass is 16.5. The first-order valence-corrected chi connectivity index (χ1v) is 5.91. The molecule has 0 aromatic heterocycles. The fraction of sp³-hybridized carbons (Fsp3) is 0.462. The Labute approximate surface area is 101 Å². The second kappa shape index (κ2) is 5.19. The van der Waals surface area contributed by atoms with E-state index in [0.29, 0.717) is 31.7 Å². The van der Waals surface area contributed by atoms with Crippen LogP contribution in [0.25, 0.3) is 0 Å². The summed E-state index contributed by atoms with van der Waals surface area (Å²) in [6.45, 7) is 3.61. The van der Waals surface area contributed by atoms with Crippen LogP contribution in [0.3, 0.4) is 0 Å². The lowest BCUT2D eigenvalue weighted by atomic mass is 10.2. The summed E-state index contributed by atoms with van der Waals surface area (Å²) in [6, 6.07) is 7.11. The summed E-state index contributed by atoms with van der Waals surface area (Å²) in [5.74, 6) is 0.745. The van der Waals surface area contributed by atoms with Crippen LogP contribution < -0.4 is 4.74 Å². The standard InChI is InChI=1S/C13H17NO3/c1-2-17-12-5-3-10(4-6-12)13(16)14-8-7-11(15)9-14/h3-6,11,15H,2,7-9H2,1H3. The predicted octanol–water partition coefficient (Wildman–Crippen LogP) is 1.29. The molecule has 1 saturated heterocycles. The summed E-state index contributed by atoms with van der Waals surface area (Å²) in [6.07, 6.45) is 0.296. The summed E-state index contributed by atoms with van der Waals surface area (Å²) >= 11 is 0. The number of nitrogens with zero attached hydrogens (tertiary/aromatic N) is 1. The van der Waals surface area contributed by atoms with Crippen LogP contribution in [0.15, 0.2) is 24.3 Å². The molecule has 1 aliphatic heterocycles. The molecule has 92 valence electrons. The molecule has 0 aliphatic carbocycles. The number of aliphatic hydroxyl groups excluding tert-OH is 1. The number of aliphatic hydroxyl groups is 1. The van der Waals surface area contributed by atoms with Crippen LogP contribution in [-0.2, 0) is 0 Å². The number of hydrogen-bond acceptors (Lipinski definition) is 3. The number of amides is 1. The molecule has 4 heteroatoms. The van der Waals surface area contributed by atoms with Crippen LogP contribution in [-0.4, -0.2) is 41.7 Å². The number of hydrogen-bond donors (Lipinski definition) is 1. The molecule has 1 aromatic carbocycles. The van der Waals surface area contributed by atoms with Crippen molar-refractivity contribution in [3.8, 4) is 5.75 Å². The van der Waals surface area contributed by atoms with E-state index in [2.05, 4.69) is 0 Å². The molecule has 1 N–H and O–H groups in total. The van der Waals surface area contributed by atoms with E-state index in [9.17, 15) is 9.90 Å². The Morgan fingerprint density at radius 2 is 2.18 bits per heavy atom. The van der Waals surface area contributed by atoms with Gasteiger partial charge >= 0.3 is 0 Å². The Morgan fingerprint density at radius 1 is 1.47 bits per heavy atom. The van der Waals surface area contributed by atoms with Gasteiger partial charge in [-0.1, -0.05) is 0 Å². The zero-order valence-electron chi connectivity index (χ0n) is 9.93. The number of carbonyl (C=O) groups is 1. The van der Waals surface area contributed by atoms with Crippen molar-refractivity contribution in [1.82, 2.24) is 4.90 Å². The molecule has 1 atom stereocenters. The topological polar surface area (TPSA) is 49.8 Å². The summed E-state index contributed by atoms with van der Waals surface area (Å²) in [5, 5.41) is 9.40. The molecule has 1 aliphatic rings. The fourth-order valence-electron chi connectivity index (χ4n) is 1.97. The molecular weight excluding hydrogens is 218 g/mol. The summed E-state index contributed by atoms with van der Waals surface area (Å²) < 4.78 is 5.32. The Balaban J connectivity index is 2.04. The summed E-state index contributed by atoms with van der Waals surface area (Å²) in [7, 11) is 0. The molecule has 0 bridgehead atoms. The maximum Gasteiger partial charge on any atom is 0.253 e. The molecule has 1 aromatic rings. The molecule has 1 amide bonds. The van der Waals surface area contributed by atoms with Crippen molar-refractivity contribution in [2.45, 2.75) is 19.4 Å². The van der Waals surface area contributed by atoms with E-state index >= 15 is 0 Å². The van der Waals surface area contributed by atoms with Crippen LogP contribution >= 0.6 is 0 Å². The van der Waals surface area contributed by atoms with Gasteiger partial charge in [-0.3, -0.25) is 4.79 Å². The van der Waals surface area contributed by atoms with Gasteiger partial charge < -0.3 is 14.7 Å². The van der Waals surface area contributed by atoms with Crippen LogP contribution in [0.4, 0.5) is 0 Å². The molecule has 0 saturated carbocycles. The van der Waals surface area contributed by atoms with Gasteiger partial charge in [-0.05, 0) is 37.6 Å². The maximum absolute atomic E-state index is 12.0. The minimum atomic E-state index is -0.373. The molecule has 2 rings (SSSR count). The lowest BCUT2D eigenvalue weighted by Crippen LogP contribution is -2.29. The smallest absolute Gasteiger partial charge is 0.253 e. The van der Waals surface area contributed by atoms with Gasteiger partial charge in [0.1, 0.15) is 5.75 Å². The number of benzene rings is 1. The summed E-state index contributed by atoms with van der Waals surface area (Å²) in [5.41, 5.74) is 0.641. The van der Waals surface area contributed by atoms with Crippen LogP contribution in [0.1, 0.15) is 23.7 Å². The van der Waals surface area contributed by atoms with Gasteiger partial charge in [0.05, 0.1) is 12.7 Å². The van der Waals surface area contributed by atoms with Gasteiger partial charge in [-0.25, -0.2) is 0 Å². The third-order valence-corrected chi connectivity index (χ3v) is 2.86. The van der Waals surface area contributed by atoms with E-state index in [0.717, 1.165) is 5.75 Å². The Morgan fingerprint density at radius 3 is 2.71 bits per heavy atom. The van der Waals surface area contributed by atoms with E-state index in [1.165, 1.54) is 0 Å². The quantitative estimate of drug-likeness (QED) is 0.859. The van der Waals surface area contributed by atoms with Gasteiger partial charge in [0.2, 0.25) is 0 Å². The number of ether oxygens (including phenoxy) is 1. The molecular formula is C13H17NO3. The van der Waals surface area contributed by atoms with Gasteiger partial charge in [0, 0.05) is 18.7 Å². The Hall–Kier alpha value is -1.55. The van der Waals surface area contributed by atoms with Crippen LogP contribution in [0.5, 0.6) is 5.75 Å². The number of β-amino-alcohol motifs (C(OH)–C–C–N with tert-alkyl or cyclic N) is 1. The SMILES string of the molecule is CCOc1ccc(C(=O)N2CCC(O)C2)cc1. The Bertz CT molecular complexity index is 388. The highest BCUT2D eigenvalue weighted by Gasteiger charge is 2.25. The molecule has 1 unspecified atom stereocenters. The minimum absolute atomic E-state index is 0.0235. The van der Waals surface area contributed by atoms with Crippen molar-refractivity contribution in [3.63, 3.8) is 0 Å². The average molecular weight is 235 g/mol. The molecule has 0 radical (unpaired) electrons. The van der Waals surface area contributed by atoms with Crippen LogP contribution in [0, 0.1) is 0 Å². The zero-order chi connectivity index (χ0) is 12.3. The van der Waals surface area contributed by atoms with Crippen molar-refractivity contribution in [3.05, 3.63) is 29.8 Å². The maximum atomic E-state index is 12.0. The fourth-order valence-corrected chi connectivity index (χ4v) is 1.97. The van der Waals surface area contributed by atoms with E-state index in [-0.39, 0.29) is 12.0 Å². The van der Waals surface area contributed by atoms with Crippen molar-refractivity contribution < 1.29 is 14.6 Å². The monoisotopic (exact) mass is 235 g/mol. The van der Waals surface area contributed by atoms with Crippen molar-refractivity contribution in [2.24, 2.45) is 0 Å². The highest BCUT2D eigenvalue weighted by Crippen LogP contribution is 2.16. The molecule has 4 nitrogen and oxygen atoms in total. The molecule has 0 spiro atoms. The van der Waals surface area contributed by atoms with E-state index < -0.39 is 0 Å². The Kier molecular flexibility index (Phi) is 3.64. The van der Waals surface area contributed by atoms with Gasteiger partial charge in [-0.15, -0.1) is 0 Å². The molecule has 1 heterocycles. The summed E-state index contributed by atoms with van der Waals surface area (Å²) in [4.78, 5) is 13.7. The third kappa shape index (κ3) is 2.77. The zero-order valence-corrected chi connectivity index (χ0v) is 9.93. The normalized spacial score (nSPS) is 19.4. The highest BCUT2D eigenvalue weighted by molar-refractivity contribution is 5.94. The first-order valence-electron chi connectivity index (χ1n) is 5.91. The van der Waals surface area contributed by atoms with Crippen molar-refractivity contribution >= 4 is 5.91 Å². The number of likely N-dealkylation sites (tertiary alicyclic amines) is 1. The van der Waals surface area contributed by atoms with Crippen molar-refractivity contribution in [1.29, 1.82) is 0 Å². The second-order valence-corrected chi connectivity index (χ2v) is 4.15. The largest absolute Gasteiger partial charge is 0.494 e. The number of rotatable bonds is 3. The third-order valence-electron chi connectivity index (χ3n) is 2.86. The predicted molar refractivity (Wildman–Crippen MR) is 64.1 cm³/mol. The van der Waals surface area contributed by atoms with E-state index in [1.807, 2.05) is 6.92 Å². The second-order valence-electron chi connectivity index (χ2n) is 4.15. The van der Waals surface area contributed by atoms with E-state index in [1.54, 1.807) is 29.2 Å². The van der Waals surface area contributed by atoms with Gasteiger partial charge in [0.15, 0.2) is 0 Å². The first-order chi connectivity index (χ1) is 8.20. The van der Waals surface area contributed by atoms with E-state index in [4.69, 9.17) is 4.74 Å². The molecule has 17 heavy (non-hydrogen) atoms. The average Bonchev–Trinajstić information content (AvgIpc) is 2.76. The minimum Gasteiger partial charge on any atom is -0.494 e. The van der Waals surface area contributed by atoms with Gasteiger partial charge in [-0.2, -0.15) is 0 Å².